The average Bonchev–Trinajstić information content (AvgIpc) is 3.65. The number of carboxylic acid groups (broad SMARTS) is 1. The number of nitrogens with one attached hydrogen (secondary N) is 2. The van der Waals surface area contributed by atoms with Crippen LogP contribution >= 0.6 is 0 Å². The third-order valence-corrected chi connectivity index (χ3v) is 12.7. The molecule has 4 rings (SSSR count). The number of nitrogens with zero attached hydrogens (tertiary/aromatic N) is 2. The molecular weight excluding hydrogens is 831 g/mol. The summed E-state index contributed by atoms with van der Waals surface area (Å²) < 4.78 is 4.90. The highest BCUT2D eigenvalue weighted by atomic mass is 16.6. The zero-order chi connectivity index (χ0) is 47.3. The van der Waals surface area contributed by atoms with E-state index in [1.807, 2.05) is 0 Å². The van der Waals surface area contributed by atoms with Crippen molar-refractivity contribution in [2.45, 2.75) is 142 Å². The van der Waals surface area contributed by atoms with E-state index in [0.29, 0.717) is 12.8 Å². The molecule has 3 aliphatic rings. The number of hydrogen-bond donors (Lipinski definition) is 4. The molecule has 0 unspecified atom stereocenters. The third kappa shape index (κ3) is 13.8. The van der Waals surface area contributed by atoms with Gasteiger partial charge in [-0.2, -0.15) is 0 Å². The van der Waals surface area contributed by atoms with Gasteiger partial charge in [0.25, 0.3) is 5.69 Å². The van der Waals surface area contributed by atoms with E-state index in [1.165, 1.54) is 6.08 Å². The lowest BCUT2D eigenvalue weighted by atomic mass is 9.75. The predicted molar refractivity (Wildman–Crippen MR) is 231 cm³/mol. The number of nitro groups is 1. The van der Waals surface area contributed by atoms with E-state index in [-0.39, 0.29) is 49.9 Å². The first kappa shape index (κ1) is 50.8. The van der Waals surface area contributed by atoms with E-state index in [1.54, 1.807) is 27.7 Å². The molecule has 350 valence electrons. The molecule has 18 nitrogen and oxygen atoms in total. The fourth-order valence-electron chi connectivity index (χ4n) is 9.18. The van der Waals surface area contributed by atoms with Crippen LogP contribution < -0.4 is 16.4 Å². The van der Waals surface area contributed by atoms with Gasteiger partial charge in [-0.15, -0.1) is 0 Å². The highest BCUT2D eigenvalue weighted by Gasteiger charge is 2.46. The van der Waals surface area contributed by atoms with Gasteiger partial charge in [0.15, 0.2) is 17.3 Å². The first-order chi connectivity index (χ1) is 30.2. The first-order valence-corrected chi connectivity index (χ1v) is 22.4. The minimum Gasteiger partial charge on any atom is -0.478 e. The van der Waals surface area contributed by atoms with E-state index in [4.69, 9.17) is 10.5 Å². The largest absolute Gasteiger partial charge is 0.478 e. The lowest BCUT2D eigenvalue weighted by Gasteiger charge is -2.37. The van der Waals surface area contributed by atoms with Crippen LogP contribution in [0.3, 0.4) is 0 Å². The number of aromatic carboxylic acids is 1. The summed E-state index contributed by atoms with van der Waals surface area (Å²) in [5.41, 5.74) is 3.21. The predicted octanol–water partition coefficient (Wildman–Crippen LogP) is 4.79. The second-order valence-corrected chi connectivity index (χ2v) is 18.3. The molecule has 1 saturated heterocycles. The fourth-order valence-corrected chi connectivity index (χ4v) is 9.18. The molecule has 18 heteroatoms. The van der Waals surface area contributed by atoms with Crippen LogP contribution in [0.15, 0.2) is 30.4 Å². The van der Waals surface area contributed by atoms with Gasteiger partial charge < -0.3 is 31.1 Å². The number of benzene rings is 1. The van der Waals surface area contributed by atoms with Crippen molar-refractivity contribution in [2.24, 2.45) is 34.8 Å². The van der Waals surface area contributed by atoms with Gasteiger partial charge in [0.05, 0.1) is 29.7 Å². The maximum atomic E-state index is 14.6. The summed E-state index contributed by atoms with van der Waals surface area (Å²) in [6.45, 7) is 6.21. The Morgan fingerprint density at radius 1 is 0.938 bits per heavy atom. The van der Waals surface area contributed by atoms with E-state index in [9.17, 15) is 58.4 Å². The van der Waals surface area contributed by atoms with Crippen LogP contribution in [0.25, 0.3) is 0 Å². The van der Waals surface area contributed by atoms with Crippen molar-refractivity contribution in [1.82, 2.24) is 15.5 Å². The second-order valence-electron chi connectivity index (χ2n) is 18.3. The molecule has 1 aromatic carbocycles. The number of Topliss-reactive ketones (excluding diaryl/α,β-unsaturated/α-hetero) is 3. The number of esters is 1. The maximum Gasteiger partial charge on any atom is 0.336 e. The van der Waals surface area contributed by atoms with Crippen molar-refractivity contribution in [3.8, 4) is 0 Å². The number of allylic oxidation sites excluding steroid dienone is 1. The number of nitrogens with two attached hydrogens (primary N) is 1. The summed E-state index contributed by atoms with van der Waals surface area (Å²) in [5.74, 6) is -8.94. The van der Waals surface area contributed by atoms with Crippen LogP contribution in [-0.2, 0) is 38.3 Å². The average molecular weight is 894 g/mol. The molecular formula is C46H63N5O13. The summed E-state index contributed by atoms with van der Waals surface area (Å²) in [5, 5.41) is 26.9. The Kier molecular flexibility index (Phi) is 18.4. The standard InChI is InChI=1S/C46H63N5O13/c1-5-64-38(55)19-13-12-18-29(22-36(53)34-23-30(51(62)63)20-21-32(34)45(60)61)42(57)49-40(46(2,3)4)44(59)50-26-31(52)24-35(50)43(58)48-39(28-16-10-7-11-17-28)37(54)25-33(41(47)56)27-14-8-6-9-15-27/h13,19-21,23,27-29,33,35,39-40H,5-12,14-18,22,24-26H2,1-4H3,(H2,47,56)(H,48,58)(H,49,57)(H,60,61)/b19-13+/t29-,33+,35+,39+,40-/m1/s1. The third-order valence-electron chi connectivity index (χ3n) is 12.7. The number of carboxylic acids is 1. The Morgan fingerprint density at radius 3 is 2.12 bits per heavy atom. The number of ketones is 3. The van der Waals surface area contributed by atoms with Gasteiger partial charge in [0.1, 0.15) is 12.1 Å². The molecule has 64 heavy (non-hydrogen) atoms. The lowest BCUT2D eigenvalue weighted by molar-refractivity contribution is -0.384. The van der Waals surface area contributed by atoms with E-state index < -0.39 is 117 Å². The second kappa shape index (κ2) is 23.2. The zero-order valence-corrected chi connectivity index (χ0v) is 37.3. The first-order valence-electron chi connectivity index (χ1n) is 22.4. The van der Waals surface area contributed by atoms with Crippen molar-refractivity contribution in [1.29, 1.82) is 0 Å². The quantitative estimate of drug-likeness (QED) is 0.0425. The number of ether oxygens (including phenoxy) is 1. The van der Waals surface area contributed by atoms with Gasteiger partial charge in [0.2, 0.25) is 23.6 Å². The molecule has 5 atom stereocenters. The minimum atomic E-state index is -1.53. The van der Waals surface area contributed by atoms with Crippen LogP contribution in [-0.4, -0.2) is 99.1 Å². The number of carbonyl (C=O) groups excluding carboxylic acids is 8. The number of likely N-dealkylation sites (tertiary alicyclic amines) is 1. The van der Waals surface area contributed by atoms with Crippen molar-refractivity contribution < 1.29 is 57.9 Å². The van der Waals surface area contributed by atoms with Crippen molar-refractivity contribution >= 4 is 58.6 Å². The fraction of sp³-hybridized carbons (Fsp3) is 0.630. The van der Waals surface area contributed by atoms with Gasteiger partial charge in [-0.25, -0.2) is 9.59 Å². The van der Waals surface area contributed by atoms with Gasteiger partial charge in [-0.1, -0.05) is 65.4 Å². The zero-order valence-electron chi connectivity index (χ0n) is 37.3. The Labute approximate surface area is 373 Å². The highest BCUT2D eigenvalue weighted by molar-refractivity contribution is 6.08. The summed E-state index contributed by atoms with van der Waals surface area (Å²) in [4.78, 5) is 133. The number of carbonyl (C=O) groups is 9. The molecule has 5 N–H and O–H groups in total. The van der Waals surface area contributed by atoms with E-state index >= 15 is 0 Å². The molecule has 3 fully saturated rings. The van der Waals surface area contributed by atoms with Crippen LogP contribution in [0, 0.1) is 39.2 Å². The summed E-state index contributed by atoms with van der Waals surface area (Å²) >= 11 is 0. The maximum absolute atomic E-state index is 14.6. The topological polar surface area (TPSA) is 280 Å². The Balaban J connectivity index is 1.60. The Morgan fingerprint density at radius 2 is 1.56 bits per heavy atom. The minimum absolute atomic E-state index is 0.0382. The number of hydrogen-bond acceptors (Lipinski definition) is 12. The van der Waals surface area contributed by atoms with Gasteiger partial charge in [0, 0.05) is 54.9 Å². The molecule has 2 saturated carbocycles. The molecule has 0 spiro atoms. The molecule has 0 radical (unpaired) electrons. The van der Waals surface area contributed by atoms with Gasteiger partial charge >= 0.3 is 11.9 Å². The smallest absolute Gasteiger partial charge is 0.336 e. The monoisotopic (exact) mass is 893 g/mol. The van der Waals surface area contributed by atoms with Crippen LogP contribution in [0.1, 0.15) is 145 Å². The summed E-state index contributed by atoms with van der Waals surface area (Å²) in [6.07, 6.45) is 9.80. The van der Waals surface area contributed by atoms with Crippen molar-refractivity contribution in [3.05, 3.63) is 51.6 Å². The SMILES string of the molecule is CCOC(=O)/C=C/CC[C@H](CC(=O)c1cc([N+](=O)[O-])ccc1C(=O)O)C(=O)N[C@H](C(=O)N1CC(=O)C[C@H]1C(=O)N[C@H](C(=O)C[C@H](C(N)=O)C1CCCCC1)C1CCCCC1)C(C)(C)C. The highest BCUT2D eigenvalue weighted by Crippen LogP contribution is 2.35. The molecule has 0 aromatic heterocycles. The number of non-ortho nitro benzene ring substituents is 1. The summed E-state index contributed by atoms with van der Waals surface area (Å²) in [6, 6.07) is -1.02. The molecule has 0 bridgehead atoms. The number of primary amides is 1. The normalized spacial score (nSPS) is 19.3. The molecule has 1 aromatic rings. The molecule has 2 aliphatic carbocycles. The molecule has 1 heterocycles. The lowest BCUT2D eigenvalue weighted by Crippen LogP contribution is -2.59. The van der Waals surface area contributed by atoms with Gasteiger partial charge in [-0.05, 0) is 68.8 Å². The Hall–Kier alpha value is -5.81. The van der Waals surface area contributed by atoms with Crippen LogP contribution in [0.4, 0.5) is 5.69 Å². The Bertz CT molecular complexity index is 1980. The number of nitro benzene ring substituents is 1. The molecule has 4 amide bonds. The van der Waals surface area contributed by atoms with Crippen LogP contribution in [0.2, 0.25) is 0 Å². The number of rotatable bonds is 21. The van der Waals surface area contributed by atoms with Crippen molar-refractivity contribution in [3.63, 3.8) is 0 Å². The van der Waals surface area contributed by atoms with E-state index in [0.717, 1.165) is 80.5 Å². The summed E-state index contributed by atoms with van der Waals surface area (Å²) in [7, 11) is 0. The number of amides is 4. The van der Waals surface area contributed by atoms with Gasteiger partial charge in [-0.3, -0.25) is 43.7 Å². The van der Waals surface area contributed by atoms with Crippen LogP contribution in [0.5, 0.6) is 0 Å². The molecule has 1 aliphatic heterocycles. The van der Waals surface area contributed by atoms with Crippen molar-refractivity contribution in [2.75, 3.05) is 13.2 Å². The van der Waals surface area contributed by atoms with E-state index in [2.05, 4.69) is 10.6 Å².